The molecule has 0 spiro atoms. The molecule has 31 heavy (non-hydrogen) atoms. The summed E-state index contributed by atoms with van der Waals surface area (Å²) in [4.78, 5) is 27.6. The van der Waals surface area contributed by atoms with E-state index in [1.165, 1.54) is 36.3 Å². The number of carbonyl (C=O) groups is 2. The number of anilines is 1. The normalized spacial score (nSPS) is 13.8. The second-order valence-corrected chi connectivity index (χ2v) is 7.16. The molecular formula is C24H27FN2O4. The summed E-state index contributed by atoms with van der Waals surface area (Å²) in [6.07, 6.45) is 2.57. The summed E-state index contributed by atoms with van der Waals surface area (Å²) in [6, 6.07) is 12.7. The number of carbonyl (C=O) groups excluding carboxylic acids is 2. The molecule has 0 saturated heterocycles. The average Bonchev–Trinajstić information content (AvgIpc) is 3.01. The molecule has 1 aliphatic heterocycles. The van der Waals surface area contributed by atoms with Crippen LogP contribution in [0.25, 0.3) is 5.57 Å². The molecule has 2 aromatic carbocycles. The number of hydrogen-bond acceptors (Lipinski definition) is 5. The number of unbranched alkanes of at least 4 members (excludes halogenated alkanes) is 1. The first-order valence-electron chi connectivity index (χ1n) is 10.4. The van der Waals surface area contributed by atoms with E-state index in [-0.39, 0.29) is 23.6 Å². The van der Waals surface area contributed by atoms with Gasteiger partial charge < -0.3 is 14.8 Å². The van der Waals surface area contributed by atoms with Crippen LogP contribution in [0.2, 0.25) is 0 Å². The molecule has 0 unspecified atom stereocenters. The Morgan fingerprint density at radius 2 is 1.68 bits per heavy atom. The number of methoxy groups -OCH3 is 1. The van der Waals surface area contributed by atoms with Gasteiger partial charge in [-0.05, 0) is 43.2 Å². The van der Waals surface area contributed by atoms with Crippen LogP contribution >= 0.6 is 0 Å². The first-order chi connectivity index (χ1) is 15.1. The van der Waals surface area contributed by atoms with E-state index in [2.05, 4.69) is 12.2 Å². The van der Waals surface area contributed by atoms with E-state index in [4.69, 9.17) is 9.47 Å². The van der Waals surface area contributed by atoms with Crippen LogP contribution in [0.15, 0.2) is 54.2 Å². The van der Waals surface area contributed by atoms with Crippen LogP contribution in [0.4, 0.5) is 10.1 Å². The lowest BCUT2D eigenvalue weighted by Gasteiger charge is -2.15. The van der Waals surface area contributed by atoms with E-state index in [0.29, 0.717) is 36.6 Å². The molecule has 1 N–H and O–H groups in total. The molecule has 6 nitrogen and oxygen atoms in total. The highest BCUT2D eigenvalue weighted by atomic mass is 19.1. The molecule has 1 heterocycles. The van der Waals surface area contributed by atoms with Crippen LogP contribution in [0.1, 0.15) is 31.7 Å². The fraction of sp³-hybridized carbons (Fsp3) is 0.333. The fourth-order valence-corrected chi connectivity index (χ4v) is 3.35. The predicted molar refractivity (Wildman–Crippen MR) is 117 cm³/mol. The third-order valence-corrected chi connectivity index (χ3v) is 4.97. The highest BCUT2D eigenvalue weighted by Crippen LogP contribution is 2.35. The molecule has 2 amide bonds. The SMILES string of the molecule is CCCCOCCCN1C(=O)C(Nc2ccc(F)cc2)=C(c2ccccc2OC)C1=O. The lowest BCUT2D eigenvalue weighted by molar-refractivity contribution is -0.137. The predicted octanol–water partition coefficient (Wildman–Crippen LogP) is 4.23. The summed E-state index contributed by atoms with van der Waals surface area (Å²) in [6.45, 7) is 3.48. The van der Waals surface area contributed by atoms with E-state index >= 15 is 0 Å². The Labute approximate surface area is 181 Å². The van der Waals surface area contributed by atoms with Gasteiger partial charge in [0.05, 0.1) is 12.7 Å². The number of hydrogen-bond donors (Lipinski definition) is 1. The number of amides is 2. The standard InChI is InChI=1S/C24H27FN2O4/c1-3-4-15-31-16-7-14-27-23(28)21(19-8-5-6-9-20(19)30-2)22(24(27)29)26-18-12-10-17(25)11-13-18/h5-6,8-13,26H,3-4,7,14-16H2,1-2H3. The lowest BCUT2D eigenvalue weighted by Crippen LogP contribution is -2.34. The highest BCUT2D eigenvalue weighted by Gasteiger charge is 2.39. The molecule has 2 aromatic rings. The van der Waals surface area contributed by atoms with Gasteiger partial charge in [0.2, 0.25) is 0 Å². The third-order valence-electron chi connectivity index (χ3n) is 4.97. The molecule has 0 saturated carbocycles. The van der Waals surface area contributed by atoms with Crippen molar-refractivity contribution in [2.24, 2.45) is 0 Å². The number of rotatable bonds is 11. The number of para-hydroxylation sites is 1. The fourth-order valence-electron chi connectivity index (χ4n) is 3.35. The number of nitrogens with one attached hydrogen (secondary N) is 1. The van der Waals surface area contributed by atoms with Gasteiger partial charge in [0.15, 0.2) is 0 Å². The monoisotopic (exact) mass is 426 g/mol. The van der Waals surface area contributed by atoms with Crippen LogP contribution in [0.5, 0.6) is 5.75 Å². The van der Waals surface area contributed by atoms with Crippen molar-refractivity contribution in [2.75, 3.05) is 32.2 Å². The van der Waals surface area contributed by atoms with Gasteiger partial charge in [-0.3, -0.25) is 14.5 Å². The maximum atomic E-state index is 13.3. The van der Waals surface area contributed by atoms with Crippen molar-refractivity contribution in [3.63, 3.8) is 0 Å². The smallest absolute Gasteiger partial charge is 0.278 e. The molecule has 0 aliphatic carbocycles. The maximum Gasteiger partial charge on any atom is 0.278 e. The van der Waals surface area contributed by atoms with Gasteiger partial charge in [0.1, 0.15) is 17.3 Å². The zero-order valence-corrected chi connectivity index (χ0v) is 17.8. The molecule has 164 valence electrons. The summed E-state index contributed by atoms with van der Waals surface area (Å²) in [5.41, 5.74) is 1.41. The topological polar surface area (TPSA) is 67.9 Å². The largest absolute Gasteiger partial charge is 0.496 e. The van der Waals surface area contributed by atoms with Gasteiger partial charge in [-0.15, -0.1) is 0 Å². The maximum absolute atomic E-state index is 13.3. The molecular weight excluding hydrogens is 399 g/mol. The molecule has 1 aliphatic rings. The van der Waals surface area contributed by atoms with E-state index in [0.717, 1.165) is 12.8 Å². The first-order valence-corrected chi connectivity index (χ1v) is 10.4. The summed E-state index contributed by atoms with van der Waals surface area (Å²) in [7, 11) is 1.51. The summed E-state index contributed by atoms with van der Waals surface area (Å²) in [5.74, 6) is -0.721. The Hall–Kier alpha value is -3.19. The van der Waals surface area contributed by atoms with Gasteiger partial charge in [0, 0.05) is 31.0 Å². The number of benzene rings is 2. The van der Waals surface area contributed by atoms with Gasteiger partial charge in [-0.1, -0.05) is 31.5 Å². The summed E-state index contributed by atoms with van der Waals surface area (Å²) >= 11 is 0. The van der Waals surface area contributed by atoms with Crippen molar-refractivity contribution in [1.29, 1.82) is 0 Å². The number of halogens is 1. The minimum Gasteiger partial charge on any atom is -0.496 e. The van der Waals surface area contributed by atoms with E-state index in [1.807, 2.05) is 0 Å². The zero-order valence-electron chi connectivity index (χ0n) is 17.8. The molecule has 0 aromatic heterocycles. The van der Waals surface area contributed by atoms with Crippen LogP contribution in [-0.4, -0.2) is 43.6 Å². The van der Waals surface area contributed by atoms with Crippen molar-refractivity contribution >= 4 is 23.1 Å². The molecule has 3 rings (SSSR count). The lowest BCUT2D eigenvalue weighted by atomic mass is 10.0. The van der Waals surface area contributed by atoms with E-state index in [1.54, 1.807) is 24.3 Å². The van der Waals surface area contributed by atoms with Crippen molar-refractivity contribution in [1.82, 2.24) is 4.90 Å². The van der Waals surface area contributed by atoms with Gasteiger partial charge in [0.25, 0.3) is 11.8 Å². The van der Waals surface area contributed by atoms with Gasteiger partial charge >= 0.3 is 0 Å². The Morgan fingerprint density at radius 1 is 0.968 bits per heavy atom. The number of ether oxygens (including phenoxy) is 2. The Bertz CT molecular complexity index is 956. The van der Waals surface area contributed by atoms with Crippen LogP contribution in [0.3, 0.4) is 0 Å². The van der Waals surface area contributed by atoms with Crippen LogP contribution in [-0.2, 0) is 14.3 Å². The van der Waals surface area contributed by atoms with Gasteiger partial charge in [-0.2, -0.15) is 0 Å². The van der Waals surface area contributed by atoms with Crippen molar-refractivity contribution in [3.05, 3.63) is 65.6 Å². The summed E-state index contributed by atoms with van der Waals surface area (Å²) in [5, 5.41) is 3.01. The average molecular weight is 426 g/mol. The number of imide groups is 1. The third kappa shape index (κ3) is 5.30. The van der Waals surface area contributed by atoms with Crippen molar-refractivity contribution in [2.45, 2.75) is 26.2 Å². The minimum absolute atomic E-state index is 0.146. The second kappa shape index (κ2) is 10.7. The quantitative estimate of drug-likeness (QED) is 0.430. The Balaban J connectivity index is 1.87. The van der Waals surface area contributed by atoms with E-state index < -0.39 is 11.8 Å². The van der Waals surface area contributed by atoms with Crippen LogP contribution < -0.4 is 10.1 Å². The van der Waals surface area contributed by atoms with Crippen molar-refractivity contribution < 1.29 is 23.5 Å². The van der Waals surface area contributed by atoms with E-state index in [9.17, 15) is 14.0 Å². The Kier molecular flexibility index (Phi) is 7.78. The zero-order chi connectivity index (χ0) is 22.2. The van der Waals surface area contributed by atoms with Gasteiger partial charge in [-0.25, -0.2) is 4.39 Å². The highest BCUT2D eigenvalue weighted by molar-refractivity contribution is 6.37. The molecule has 0 atom stereocenters. The number of nitrogens with zero attached hydrogens (tertiary/aromatic N) is 1. The minimum atomic E-state index is -0.427. The molecule has 0 radical (unpaired) electrons. The molecule has 7 heteroatoms. The summed E-state index contributed by atoms with van der Waals surface area (Å²) < 4.78 is 24.3. The van der Waals surface area contributed by atoms with Crippen LogP contribution in [0, 0.1) is 5.82 Å². The molecule has 0 fully saturated rings. The second-order valence-electron chi connectivity index (χ2n) is 7.16. The first kappa shape index (κ1) is 22.5. The molecule has 0 bridgehead atoms. The Morgan fingerprint density at radius 3 is 2.39 bits per heavy atom. The van der Waals surface area contributed by atoms with Crippen molar-refractivity contribution in [3.8, 4) is 5.75 Å².